The fraction of sp³-hybridized carbons (Fsp3) is 0.158. The number of rotatable bonds is 5. The van der Waals surface area contributed by atoms with Crippen LogP contribution in [0, 0.1) is 0 Å². The fourth-order valence-corrected chi connectivity index (χ4v) is 2.71. The van der Waals surface area contributed by atoms with Gasteiger partial charge in [-0.1, -0.05) is 54.1 Å². The molecule has 0 radical (unpaired) electrons. The van der Waals surface area contributed by atoms with Gasteiger partial charge in [0.05, 0.1) is 5.69 Å². The van der Waals surface area contributed by atoms with E-state index in [0.717, 1.165) is 16.8 Å². The Morgan fingerprint density at radius 2 is 1.92 bits per heavy atom. The standard InChI is InChI=1S/C19H18ClN3O/c1-2-23-18(15-9-6-10-16(20)11-15)12-17(22-23)19(24)21-13-14-7-4-3-5-8-14/h3-12H,2,13H2,1H3,(H,21,24). The van der Waals surface area contributed by atoms with Crippen LogP contribution >= 0.6 is 11.6 Å². The molecule has 4 nitrogen and oxygen atoms in total. The Bertz CT molecular complexity index is 843. The molecule has 1 amide bonds. The smallest absolute Gasteiger partial charge is 0.272 e. The van der Waals surface area contributed by atoms with Gasteiger partial charge >= 0.3 is 0 Å². The summed E-state index contributed by atoms with van der Waals surface area (Å²) >= 11 is 6.07. The molecule has 5 heteroatoms. The van der Waals surface area contributed by atoms with Crippen LogP contribution in [0.5, 0.6) is 0 Å². The highest BCUT2D eigenvalue weighted by Crippen LogP contribution is 2.23. The third-order valence-corrected chi connectivity index (χ3v) is 3.96. The van der Waals surface area contributed by atoms with Gasteiger partial charge in [-0.25, -0.2) is 0 Å². The van der Waals surface area contributed by atoms with E-state index >= 15 is 0 Å². The van der Waals surface area contributed by atoms with Crippen LogP contribution in [-0.2, 0) is 13.1 Å². The van der Waals surface area contributed by atoms with E-state index in [9.17, 15) is 4.79 Å². The fourth-order valence-electron chi connectivity index (χ4n) is 2.52. The van der Waals surface area contributed by atoms with E-state index in [1.165, 1.54) is 0 Å². The molecular formula is C19H18ClN3O. The van der Waals surface area contributed by atoms with E-state index in [0.29, 0.717) is 23.8 Å². The summed E-state index contributed by atoms with van der Waals surface area (Å²) in [5.74, 6) is -0.186. The maximum Gasteiger partial charge on any atom is 0.272 e. The zero-order valence-electron chi connectivity index (χ0n) is 13.4. The first-order valence-electron chi connectivity index (χ1n) is 7.83. The summed E-state index contributed by atoms with van der Waals surface area (Å²) in [5.41, 5.74) is 3.28. The lowest BCUT2D eigenvalue weighted by molar-refractivity contribution is 0.0945. The van der Waals surface area contributed by atoms with E-state index < -0.39 is 0 Å². The minimum absolute atomic E-state index is 0.186. The summed E-state index contributed by atoms with van der Waals surface area (Å²) in [6.45, 7) is 3.14. The van der Waals surface area contributed by atoms with Gasteiger partial charge in [0, 0.05) is 23.7 Å². The Kier molecular flexibility index (Phi) is 4.96. The number of amides is 1. The predicted octanol–water partition coefficient (Wildman–Crippen LogP) is 4.15. The average Bonchev–Trinajstić information content (AvgIpc) is 3.05. The molecular weight excluding hydrogens is 322 g/mol. The van der Waals surface area contributed by atoms with Crippen LogP contribution < -0.4 is 5.32 Å². The first-order valence-corrected chi connectivity index (χ1v) is 8.21. The molecule has 0 aliphatic rings. The van der Waals surface area contributed by atoms with Gasteiger partial charge < -0.3 is 5.32 Å². The van der Waals surface area contributed by atoms with E-state index in [1.807, 2.05) is 66.2 Å². The van der Waals surface area contributed by atoms with Crippen LogP contribution in [0.2, 0.25) is 5.02 Å². The van der Waals surface area contributed by atoms with Crippen molar-refractivity contribution >= 4 is 17.5 Å². The molecule has 122 valence electrons. The Hall–Kier alpha value is -2.59. The van der Waals surface area contributed by atoms with Gasteiger partial charge in [0.15, 0.2) is 5.69 Å². The van der Waals surface area contributed by atoms with Gasteiger partial charge in [0.2, 0.25) is 0 Å². The number of aromatic nitrogens is 2. The molecule has 24 heavy (non-hydrogen) atoms. The first-order chi connectivity index (χ1) is 11.7. The zero-order valence-corrected chi connectivity index (χ0v) is 14.1. The molecule has 0 bridgehead atoms. The SMILES string of the molecule is CCn1nc(C(=O)NCc2ccccc2)cc1-c1cccc(Cl)c1. The van der Waals surface area contributed by atoms with Crippen LogP contribution in [0.15, 0.2) is 60.7 Å². The topological polar surface area (TPSA) is 46.9 Å². The van der Waals surface area contributed by atoms with Crippen molar-refractivity contribution in [2.75, 3.05) is 0 Å². The Morgan fingerprint density at radius 3 is 2.62 bits per heavy atom. The summed E-state index contributed by atoms with van der Waals surface area (Å²) in [6.07, 6.45) is 0. The third kappa shape index (κ3) is 3.66. The molecule has 0 spiro atoms. The van der Waals surface area contributed by atoms with E-state index in [1.54, 1.807) is 6.07 Å². The lowest BCUT2D eigenvalue weighted by Crippen LogP contribution is -2.23. The minimum Gasteiger partial charge on any atom is -0.347 e. The Balaban J connectivity index is 1.80. The molecule has 3 rings (SSSR count). The number of halogens is 1. The van der Waals surface area contributed by atoms with Crippen molar-refractivity contribution in [1.82, 2.24) is 15.1 Å². The van der Waals surface area contributed by atoms with Gasteiger partial charge in [0.1, 0.15) is 0 Å². The van der Waals surface area contributed by atoms with Gasteiger partial charge in [0.25, 0.3) is 5.91 Å². The number of nitrogens with zero attached hydrogens (tertiary/aromatic N) is 2. The van der Waals surface area contributed by atoms with Gasteiger partial charge in [-0.3, -0.25) is 9.48 Å². The van der Waals surface area contributed by atoms with Crippen molar-refractivity contribution in [2.24, 2.45) is 0 Å². The lowest BCUT2D eigenvalue weighted by Gasteiger charge is -2.04. The second kappa shape index (κ2) is 7.32. The Labute approximate surface area is 146 Å². The highest BCUT2D eigenvalue weighted by Gasteiger charge is 2.15. The molecule has 3 aromatic rings. The van der Waals surface area contributed by atoms with Crippen molar-refractivity contribution in [3.05, 3.63) is 76.9 Å². The number of carbonyl (C=O) groups is 1. The molecule has 1 aromatic heterocycles. The van der Waals surface area contributed by atoms with Gasteiger partial charge in [-0.2, -0.15) is 5.10 Å². The van der Waals surface area contributed by atoms with E-state index in [4.69, 9.17) is 11.6 Å². The number of benzene rings is 2. The monoisotopic (exact) mass is 339 g/mol. The quantitative estimate of drug-likeness (QED) is 0.759. The maximum atomic E-state index is 12.4. The van der Waals surface area contributed by atoms with Gasteiger partial charge in [-0.15, -0.1) is 0 Å². The zero-order chi connectivity index (χ0) is 16.9. The van der Waals surface area contributed by atoms with Crippen molar-refractivity contribution in [2.45, 2.75) is 20.0 Å². The molecule has 0 aliphatic heterocycles. The van der Waals surface area contributed by atoms with Crippen LogP contribution in [0.4, 0.5) is 0 Å². The maximum absolute atomic E-state index is 12.4. The number of nitrogens with one attached hydrogen (secondary N) is 1. The largest absolute Gasteiger partial charge is 0.347 e. The molecule has 0 saturated heterocycles. The highest BCUT2D eigenvalue weighted by molar-refractivity contribution is 6.30. The number of carbonyl (C=O) groups excluding carboxylic acids is 1. The second-order valence-corrected chi connectivity index (χ2v) is 5.85. The van der Waals surface area contributed by atoms with Crippen LogP contribution in [-0.4, -0.2) is 15.7 Å². The highest BCUT2D eigenvalue weighted by atomic mass is 35.5. The molecule has 0 atom stereocenters. The predicted molar refractivity (Wildman–Crippen MR) is 96.0 cm³/mol. The van der Waals surface area contributed by atoms with Crippen LogP contribution in [0.3, 0.4) is 0 Å². The molecule has 2 aromatic carbocycles. The summed E-state index contributed by atoms with van der Waals surface area (Å²) in [6, 6.07) is 19.1. The third-order valence-electron chi connectivity index (χ3n) is 3.73. The first kappa shape index (κ1) is 16.3. The summed E-state index contributed by atoms with van der Waals surface area (Å²) < 4.78 is 1.81. The molecule has 1 N–H and O–H groups in total. The second-order valence-electron chi connectivity index (χ2n) is 5.41. The van der Waals surface area contributed by atoms with Gasteiger partial charge in [-0.05, 0) is 30.7 Å². The normalized spacial score (nSPS) is 10.6. The van der Waals surface area contributed by atoms with Crippen molar-refractivity contribution in [1.29, 1.82) is 0 Å². The Morgan fingerprint density at radius 1 is 1.12 bits per heavy atom. The molecule has 0 fully saturated rings. The summed E-state index contributed by atoms with van der Waals surface area (Å²) in [7, 11) is 0. The number of aryl methyl sites for hydroxylation is 1. The molecule has 0 saturated carbocycles. The molecule has 0 aliphatic carbocycles. The van der Waals surface area contributed by atoms with Crippen LogP contribution in [0.25, 0.3) is 11.3 Å². The molecule has 1 heterocycles. The number of hydrogen-bond acceptors (Lipinski definition) is 2. The van der Waals surface area contributed by atoms with Crippen molar-refractivity contribution in [3.8, 4) is 11.3 Å². The summed E-state index contributed by atoms with van der Waals surface area (Å²) in [5, 5.41) is 7.97. The minimum atomic E-state index is -0.186. The molecule has 0 unspecified atom stereocenters. The van der Waals surface area contributed by atoms with E-state index in [-0.39, 0.29) is 5.91 Å². The lowest BCUT2D eigenvalue weighted by atomic mass is 10.1. The average molecular weight is 340 g/mol. The summed E-state index contributed by atoms with van der Waals surface area (Å²) in [4.78, 5) is 12.4. The van der Waals surface area contributed by atoms with Crippen molar-refractivity contribution in [3.63, 3.8) is 0 Å². The van der Waals surface area contributed by atoms with E-state index in [2.05, 4.69) is 10.4 Å². The van der Waals surface area contributed by atoms with Crippen molar-refractivity contribution < 1.29 is 4.79 Å². The van der Waals surface area contributed by atoms with Crippen LogP contribution in [0.1, 0.15) is 23.0 Å². The number of hydrogen-bond donors (Lipinski definition) is 1.